The zero-order valence-electron chi connectivity index (χ0n) is 9.08. The van der Waals surface area contributed by atoms with Gasteiger partial charge in [-0.1, -0.05) is 11.8 Å². The van der Waals surface area contributed by atoms with Gasteiger partial charge in [0.1, 0.15) is 0 Å². The van der Waals surface area contributed by atoms with Gasteiger partial charge in [-0.05, 0) is 18.4 Å². The van der Waals surface area contributed by atoms with Gasteiger partial charge in [0.15, 0.2) is 0 Å². The summed E-state index contributed by atoms with van der Waals surface area (Å²) in [6.45, 7) is 1.04. The smallest absolute Gasteiger partial charge is 0.261 e. The Balaban J connectivity index is 2.53. The Morgan fingerprint density at radius 2 is 2.44 bits per heavy atom. The number of amides is 1. The second-order valence-corrected chi connectivity index (χ2v) is 4.99. The van der Waals surface area contributed by atoms with Gasteiger partial charge in [0.05, 0.1) is 16.3 Å². The first-order valence-electron chi connectivity index (χ1n) is 4.84. The minimum atomic E-state index is -0.0279. The third-order valence-electron chi connectivity index (χ3n) is 1.74. The molecule has 0 unspecified atom stereocenters. The molecular formula is C11H14N2OS2. The normalized spacial score (nSPS) is 9.38. The highest BCUT2D eigenvalue weighted by molar-refractivity contribution is 7.98. The molecule has 1 heterocycles. The highest BCUT2D eigenvalue weighted by Gasteiger charge is 2.07. The maximum atomic E-state index is 11.6. The number of rotatable bonds is 4. The van der Waals surface area contributed by atoms with Crippen LogP contribution in [0.1, 0.15) is 14.5 Å². The van der Waals surface area contributed by atoms with E-state index in [0.29, 0.717) is 18.0 Å². The van der Waals surface area contributed by atoms with Crippen LogP contribution in [0.25, 0.3) is 0 Å². The lowest BCUT2D eigenvalue weighted by Gasteiger charge is -2.00. The van der Waals surface area contributed by atoms with Gasteiger partial charge in [-0.2, -0.15) is 11.8 Å². The van der Waals surface area contributed by atoms with E-state index in [2.05, 4.69) is 17.2 Å². The standard InChI is InChI=1S/C11H14N2OS2/c1-15-8-7-13-11(14)10-5-4-9(16-10)3-2-6-12/h4-5H,6-8,12H2,1H3,(H,13,14). The summed E-state index contributed by atoms with van der Waals surface area (Å²) in [5.41, 5.74) is 5.27. The van der Waals surface area contributed by atoms with E-state index in [-0.39, 0.29) is 5.91 Å². The predicted octanol–water partition coefficient (Wildman–Crippen LogP) is 1.15. The Hall–Kier alpha value is -0.960. The number of hydrogen-bond donors (Lipinski definition) is 2. The predicted molar refractivity (Wildman–Crippen MR) is 71.0 cm³/mol. The maximum Gasteiger partial charge on any atom is 0.261 e. The highest BCUT2D eigenvalue weighted by atomic mass is 32.2. The van der Waals surface area contributed by atoms with Crippen LogP contribution in [0.3, 0.4) is 0 Å². The molecule has 3 nitrogen and oxygen atoms in total. The highest BCUT2D eigenvalue weighted by Crippen LogP contribution is 2.14. The molecule has 1 amide bonds. The average molecular weight is 254 g/mol. The molecule has 0 saturated carbocycles. The molecule has 0 aromatic carbocycles. The fourth-order valence-corrected chi connectivity index (χ4v) is 2.12. The Labute approximate surface area is 104 Å². The molecule has 0 spiro atoms. The molecule has 0 fully saturated rings. The van der Waals surface area contributed by atoms with Crippen LogP contribution < -0.4 is 11.1 Å². The van der Waals surface area contributed by atoms with Crippen molar-refractivity contribution in [2.24, 2.45) is 5.73 Å². The number of nitrogens with one attached hydrogen (secondary N) is 1. The van der Waals surface area contributed by atoms with Crippen LogP contribution >= 0.6 is 23.1 Å². The number of carbonyl (C=O) groups is 1. The van der Waals surface area contributed by atoms with E-state index < -0.39 is 0 Å². The molecule has 0 aliphatic carbocycles. The van der Waals surface area contributed by atoms with Crippen LogP contribution in [0, 0.1) is 11.8 Å². The SMILES string of the molecule is CSCCNC(=O)c1ccc(C#CCN)s1. The number of nitrogens with two attached hydrogens (primary N) is 1. The molecule has 0 aliphatic rings. The van der Waals surface area contributed by atoms with Gasteiger partial charge in [0, 0.05) is 12.3 Å². The van der Waals surface area contributed by atoms with Gasteiger partial charge in [0.25, 0.3) is 5.91 Å². The topological polar surface area (TPSA) is 55.1 Å². The minimum Gasteiger partial charge on any atom is -0.351 e. The number of thiophene rings is 1. The van der Waals surface area contributed by atoms with Gasteiger partial charge in [0.2, 0.25) is 0 Å². The van der Waals surface area contributed by atoms with Crippen molar-refractivity contribution in [1.82, 2.24) is 5.32 Å². The second kappa shape index (κ2) is 7.34. The van der Waals surface area contributed by atoms with Crippen LogP contribution in [0.2, 0.25) is 0 Å². The van der Waals surface area contributed by atoms with Crippen LogP contribution in [0.15, 0.2) is 12.1 Å². The first kappa shape index (κ1) is 13.1. The van der Waals surface area contributed by atoms with Crippen molar-refractivity contribution in [3.63, 3.8) is 0 Å². The Bertz CT molecular complexity index is 404. The van der Waals surface area contributed by atoms with E-state index >= 15 is 0 Å². The second-order valence-electron chi connectivity index (χ2n) is 2.92. The Morgan fingerprint density at radius 1 is 1.62 bits per heavy atom. The fourth-order valence-electron chi connectivity index (χ4n) is 1.02. The van der Waals surface area contributed by atoms with E-state index in [4.69, 9.17) is 5.73 Å². The summed E-state index contributed by atoms with van der Waals surface area (Å²) in [6, 6.07) is 3.64. The van der Waals surface area contributed by atoms with Gasteiger partial charge in [-0.25, -0.2) is 0 Å². The van der Waals surface area contributed by atoms with E-state index in [1.54, 1.807) is 17.8 Å². The summed E-state index contributed by atoms with van der Waals surface area (Å²) in [6.07, 6.45) is 2.01. The van der Waals surface area contributed by atoms with Crippen LogP contribution in [0.5, 0.6) is 0 Å². The fraction of sp³-hybridized carbons (Fsp3) is 0.364. The van der Waals surface area contributed by atoms with Crippen LogP contribution in [-0.2, 0) is 0 Å². The Kier molecular flexibility index (Phi) is 6.01. The Morgan fingerprint density at radius 3 is 3.12 bits per heavy atom. The summed E-state index contributed by atoms with van der Waals surface area (Å²) >= 11 is 3.10. The first-order chi connectivity index (χ1) is 7.77. The molecule has 0 atom stereocenters. The lowest BCUT2D eigenvalue weighted by Crippen LogP contribution is -2.24. The van der Waals surface area contributed by atoms with E-state index in [0.717, 1.165) is 10.6 Å². The monoisotopic (exact) mass is 254 g/mol. The largest absolute Gasteiger partial charge is 0.351 e. The van der Waals surface area contributed by atoms with Gasteiger partial charge in [-0.15, -0.1) is 11.3 Å². The molecule has 86 valence electrons. The van der Waals surface area contributed by atoms with Crippen molar-refractivity contribution in [2.75, 3.05) is 25.1 Å². The number of hydrogen-bond acceptors (Lipinski definition) is 4. The minimum absolute atomic E-state index is 0.0279. The molecule has 3 N–H and O–H groups in total. The lowest BCUT2D eigenvalue weighted by molar-refractivity contribution is 0.0960. The zero-order valence-corrected chi connectivity index (χ0v) is 10.7. The number of carbonyl (C=O) groups excluding carboxylic acids is 1. The van der Waals surface area contributed by atoms with Crippen molar-refractivity contribution in [2.45, 2.75) is 0 Å². The average Bonchev–Trinajstić information content (AvgIpc) is 2.75. The lowest BCUT2D eigenvalue weighted by atomic mass is 10.4. The van der Waals surface area contributed by atoms with Crippen molar-refractivity contribution in [3.8, 4) is 11.8 Å². The molecule has 0 aliphatic heterocycles. The molecule has 5 heteroatoms. The molecule has 16 heavy (non-hydrogen) atoms. The van der Waals surface area contributed by atoms with Crippen LogP contribution in [0.4, 0.5) is 0 Å². The molecule has 1 aromatic rings. The van der Waals surface area contributed by atoms with E-state index in [1.165, 1.54) is 11.3 Å². The molecular weight excluding hydrogens is 240 g/mol. The summed E-state index contributed by atoms with van der Waals surface area (Å²) < 4.78 is 0. The van der Waals surface area contributed by atoms with Crippen LogP contribution in [-0.4, -0.2) is 31.0 Å². The third kappa shape index (κ3) is 4.27. The van der Waals surface area contributed by atoms with Crippen molar-refractivity contribution >= 4 is 29.0 Å². The molecule has 0 bridgehead atoms. The molecule has 1 aromatic heterocycles. The van der Waals surface area contributed by atoms with Crippen molar-refractivity contribution in [1.29, 1.82) is 0 Å². The summed E-state index contributed by atoms with van der Waals surface area (Å²) in [5, 5.41) is 2.85. The van der Waals surface area contributed by atoms with E-state index in [1.807, 2.05) is 12.3 Å². The molecule has 0 radical (unpaired) electrons. The maximum absolute atomic E-state index is 11.6. The first-order valence-corrected chi connectivity index (χ1v) is 7.05. The van der Waals surface area contributed by atoms with Crippen molar-refractivity contribution in [3.05, 3.63) is 21.9 Å². The van der Waals surface area contributed by atoms with Gasteiger partial charge >= 0.3 is 0 Å². The molecule has 0 saturated heterocycles. The quantitative estimate of drug-likeness (QED) is 0.626. The zero-order chi connectivity index (χ0) is 11.8. The third-order valence-corrected chi connectivity index (χ3v) is 3.35. The summed E-state index contributed by atoms with van der Waals surface area (Å²) in [5.74, 6) is 6.57. The van der Waals surface area contributed by atoms with Crippen molar-refractivity contribution < 1.29 is 4.79 Å². The van der Waals surface area contributed by atoms with E-state index in [9.17, 15) is 4.79 Å². The molecule has 1 rings (SSSR count). The van der Waals surface area contributed by atoms with Gasteiger partial charge < -0.3 is 11.1 Å². The summed E-state index contributed by atoms with van der Waals surface area (Å²) in [7, 11) is 0. The number of thioether (sulfide) groups is 1. The summed E-state index contributed by atoms with van der Waals surface area (Å²) in [4.78, 5) is 13.2. The van der Waals surface area contributed by atoms with Gasteiger partial charge in [-0.3, -0.25) is 4.79 Å².